The second-order valence-electron chi connectivity index (χ2n) is 9.43. The Kier molecular flexibility index (Phi) is 4.14. The SMILES string of the molecule is CC(NC(=O)C1CC2c3cccc4[nH]cc(c34)CC2N(C)C1)C(C)(C)C. The maximum absolute atomic E-state index is 13.0. The largest absolute Gasteiger partial charge is 0.361 e. The van der Waals surface area contributed by atoms with Gasteiger partial charge < -0.3 is 15.2 Å². The van der Waals surface area contributed by atoms with Gasteiger partial charge in [0, 0.05) is 41.6 Å². The minimum atomic E-state index is 0.0572. The van der Waals surface area contributed by atoms with Gasteiger partial charge in [0.2, 0.25) is 5.91 Å². The van der Waals surface area contributed by atoms with E-state index in [1.54, 1.807) is 0 Å². The van der Waals surface area contributed by atoms with Crippen LogP contribution in [0.3, 0.4) is 0 Å². The average molecular weight is 354 g/mol. The normalized spacial score (nSPS) is 27.2. The first kappa shape index (κ1) is 17.6. The molecule has 1 aromatic heterocycles. The van der Waals surface area contributed by atoms with E-state index in [-0.39, 0.29) is 23.3 Å². The first-order valence-electron chi connectivity index (χ1n) is 9.85. The summed E-state index contributed by atoms with van der Waals surface area (Å²) in [7, 11) is 2.18. The highest BCUT2D eigenvalue weighted by Gasteiger charge is 2.41. The number of fused-ring (bicyclic) bond motifs is 2. The number of carbonyl (C=O) groups is 1. The number of likely N-dealkylation sites (tertiary alicyclic amines) is 1. The lowest BCUT2D eigenvalue weighted by Gasteiger charge is -2.45. The van der Waals surface area contributed by atoms with Crippen LogP contribution in [0.1, 0.15) is 51.2 Å². The summed E-state index contributed by atoms with van der Waals surface area (Å²) in [5, 5.41) is 4.67. The standard InChI is InChI=1S/C22H31N3O/c1-13(22(2,3)4)24-21(26)15-9-17-16-7-6-8-18-20(16)14(11-23-18)10-19(17)25(5)12-15/h6-8,11,13,15,17,19,23H,9-10,12H2,1-5H3,(H,24,26). The number of likely N-dealkylation sites (N-methyl/N-ethyl adjacent to an activating group) is 1. The summed E-state index contributed by atoms with van der Waals surface area (Å²) >= 11 is 0. The lowest BCUT2D eigenvalue weighted by Crippen LogP contribution is -2.53. The molecule has 4 nitrogen and oxygen atoms in total. The molecule has 140 valence electrons. The quantitative estimate of drug-likeness (QED) is 0.865. The molecule has 26 heavy (non-hydrogen) atoms. The van der Waals surface area contributed by atoms with Crippen LogP contribution in [-0.2, 0) is 11.2 Å². The van der Waals surface area contributed by atoms with E-state index in [0.29, 0.717) is 12.0 Å². The number of piperidine rings is 1. The summed E-state index contributed by atoms with van der Waals surface area (Å²) in [6.45, 7) is 9.49. The molecule has 4 heteroatoms. The highest BCUT2D eigenvalue weighted by molar-refractivity contribution is 5.88. The predicted molar refractivity (Wildman–Crippen MR) is 106 cm³/mol. The Morgan fingerprint density at radius 2 is 2.12 bits per heavy atom. The van der Waals surface area contributed by atoms with Crippen LogP contribution in [0.4, 0.5) is 0 Å². The van der Waals surface area contributed by atoms with Gasteiger partial charge in [0.15, 0.2) is 0 Å². The number of hydrogen-bond acceptors (Lipinski definition) is 2. The summed E-state index contributed by atoms with van der Waals surface area (Å²) in [5.41, 5.74) is 4.15. The third-order valence-electron chi connectivity index (χ3n) is 6.75. The minimum Gasteiger partial charge on any atom is -0.361 e. The van der Waals surface area contributed by atoms with Gasteiger partial charge in [0.25, 0.3) is 0 Å². The third kappa shape index (κ3) is 2.84. The molecule has 4 atom stereocenters. The molecule has 1 aliphatic heterocycles. The van der Waals surface area contributed by atoms with Crippen LogP contribution in [-0.4, -0.2) is 41.5 Å². The van der Waals surface area contributed by atoms with E-state index in [1.807, 2.05) is 0 Å². The van der Waals surface area contributed by atoms with Crippen LogP contribution in [0.2, 0.25) is 0 Å². The molecule has 1 saturated heterocycles. The number of hydrogen-bond donors (Lipinski definition) is 2. The number of carbonyl (C=O) groups excluding carboxylic acids is 1. The second kappa shape index (κ2) is 6.12. The Morgan fingerprint density at radius 3 is 2.85 bits per heavy atom. The lowest BCUT2D eigenvalue weighted by atomic mass is 9.72. The Labute approximate surface area is 156 Å². The molecule has 0 radical (unpaired) electrons. The smallest absolute Gasteiger partial charge is 0.224 e. The van der Waals surface area contributed by atoms with Crippen LogP contribution in [0, 0.1) is 11.3 Å². The van der Waals surface area contributed by atoms with Gasteiger partial charge in [-0.05, 0) is 49.4 Å². The van der Waals surface area contributed by atoms with Crippen molar-refractivity contribution in [2.75, 3.05) is 13.6 Å². The molecule has 2 aliphatic rings. The van der Waals surface area contributed by atoms with Crippen LogP contribution >= 0.6 is 0 Å². The fourth-order valence-electron chi connectivity index (χ4n) is 4.68. The van der Waals surface area contributed by atoms with Gasteiger partial charge >= 0.3 is 0 Å². The molecule has 0 saturated carbocycles. The van der Waals surface area contributed by atoms with Crippen LogP contribution in [0.15, 0.2) is 24.4 Å². The molecule has 1 amide bonds. The fourth-order valence-corrected chi connectivity index (χ4v) is 4.68. The highest BCUT2D eigenvalue weighted by Crippen LogP contribution is 2.44. The number of nitrogens with one attached hydrogen (secondary N) is 2. The second-order valence-corrected chi connectivity index (χ2v) is 9.43. The van der Waals surface area contributed by atoms with Gasteiger partial charge in [-0.1, -0.05) is 32.9 Å². The zero-order chi connectivity index (χ0) is 18.6. The van der Waals surface area contributed by atoms with E-state index < -0.39 is 0 Å². The summed E-state index contributed by atoms with van der Waals surface area (Å²) in [6.07, 6.45) is 4.19. The molecule has 1 aliphatic carbocycles. The topological polar surface area (TPSA) is 48.1 Å². The van der Waals surface area contributed by atoms with E-state index in [2.05, 4.69) is 74.3 Å². The van der Waals surface area contributed by atoms with E-state index in [0.717, 1.165) is 19.4 Å². The van der Waals surface area contributed by atoms with E-state index >= 15 is 0 Å². The molecule has 2 heterocycles. The highest BCUT2D eigenvalue weighted by atomic mass is 16.2. The zero-order valence-electron chi connectivity index (χ0n) is 16.6. The molecule has 2 aromatic rings. The molecule has 0 bridgehead atoms. The number of aromatic amines is 1. The zero-order valence-corrected chi connectivity index (χ0v) is 16.6. The molecule has 0 spiro atoms. The van der Waals surface area contributed by atoms with E-state index in [1.165, 1.54) is 22.0 Å². The number of aromatic nitrogens is 1. The lowest BCUT2D eigenvalue weighted by molar-refractivity contribution is -0.128. The van der Waals surface area contributed by atoms with Crippen LogP contribution in [0.5, 0.6) is 0 Å². The summed E-state index contributed by atoms with van der Waals surface area (Å²) in [6, 6.07) is 7.23. The summed E-state index contributed by atoms with van der Waals surface area (Å²) in [5.74, 6) is 0.702. The van der Waals surface area contributed by atoms with Gasteiger partial charge in [-0.15, -0.1) is 0 Å². The monoisotopic (exact) mass is 353 g/mol. The number of nitrogens with zero attached hydrogens (tertiary/aromatic N) is 1. The Hall–Kier alpha value is -1.81. The maximum Gasteiger partial charge on any atom is 0.224 e. The molecule has 1 fully saturated rings. The van der Waals surface area contributed by atoms with Crippen molar-refractivity contribution < 1.29 is 4.79 Å². The van der Waals surface area contributed by atoms with Crippen molar-refractivity contribution in [1.82, 2.24) is 15.2 Å². The maximum atomic E-state index is 13.0. The Balaban J connectivity index is 1.60. The number of rotatable bonds is 2. The van der Waals surface area contributed by atoms with Crippen LogP contribution < -0.4 is 5.32 Å². The molecular formula is C22H31N3O. The molecule has 4 unspecified atom stereocenters. The molecule has 4 rings (SSSR count). The fraction of sp³-hybridized carbons (Fsp3) is 0.591. The van der Waals surface area contributed by atoms with Crippen molar-refractivity contribution in [3.63, 3.8) is 0 Å². The summed E-state index contributed by atoms with van der Waals surface area (Å²) in [4.78, 5) is 18.8. The first-order valence-corrected chi connectivity index (χ1v) is 9.85. The van der Waals surface area contributed by atoms with E-state index in [9.17, 15) is 4.79 Å². The number of benzene rings is 1. The van der Waals surface area contributed by atoms with Gasteiger partial charge in [0.1, 0.15) is 0 Å². The van der Waals surface area contributed by atoms with Crippen molar-refractivity contribution >= 4 is 16.8 Å². The van der Waals surface area contributed by atoms with Gasteiger partial charge in [-0.2, -0.15) is 0 Å². The van der Waals surface area contributed by atoms with Crippen molar-refractivity contribution in [1.29, 1.82) is 0 Å². The average Bonchev–Trinajstić information content (AvgIpc) is 2.99. The molecule has 1 aromatic carbocycles. The van der Waals surface area contributed by atoms with Gasteiger partial charge in [-0.25, -0.2) is 0 Å². The Bertz CT molecular complexity index is 832. The molecular weight excluding hydrogens is 322 g/mol. The van der Waals surface area contributed by atoms with Crippen LogP contribution in [0.25, 0.3) is 10.9 Å². The minimum absolute atomic E-state index is 0.0572. The van der Waals surface area contributed by atoms with E-state index in [4.69, 9.17) is 0 Å². The number of H-pyrrole nitrogens is 1. The number of amides is 1. The summed E-state index contributed by atoms with van der Waals surface area (Å²) < 4.78 is 0. The third-order valence-corrected chi connectivity index (χ3v) is 6.75. The Morgan fingerprint density at radius 1 is 1.35 bits per heavy atom. The van der Waals surface area contributed by atoms with Crippen molar-refractivity contribution in [2.45, 2.75) is 58.5 Å². The first-order chi connectivity index (χ1) is 12.3. The van der Waals surface area contributed by atoms with Crippen molar-refractivity contribution in [3.8, 4) is 0 Å². The van der Waals surface area contributed by atoms with Crippen molar-refractivity contribution in [3.05, 3.63) is 35.5 Å². The molecule has 2 N–H and O–H groups in total. The predicted octanol–water partition coefficient (Wildman–Crippen LogP) is 3.68. The van der Waals surface area contributed by atoms with Gasteiger partial charge in [0.05, 0.1) is 5.92 Å². The van der Waals surface area contributed by atoms with Crippen molar-refractivity contribution in [2.24, 2.45) is 11.3 Å². The van der Waals surface area contributed by atoms with Gasteiger partial charge in [-0.3, -0.25) is 4.79 Å².